The van der Waals surface area contributed by atoms with Gasteiger partial charge in [-0.2, -0.15) is 0 Å². The lowest BCUT2D eigenvalue weighted by Crippen LogP contribution is -2.33. The SMILES string of the molecule is C=CCOc1ccc(C2c3c(oc4ccc(Cl)cc4c3=O)C(=O)N2CCCN(CC)CC)cc1. The van der Waals surface area contributed by atoms with Crippen LogP contribution < -0.4 is 10.2 Å². The summed E-state index contributed by atoms with van der Waals surface area (Å²) in [6.07, 6.45) is 2.47. The van der Waals surface area contributed by atoms with Crippen molar-refractivity contribution in [3.05, 3.63) is 87.3 Å². The van der Waals surface area contributed by atoms with E-state index >= 15 is 0 Å². The van der Waals surface area contributed by atoms with Gasteiger partial charge in [0.25, 0.3) is 5.91 Å². The van der Waals surface area contributed by atoms with Gasteiger partial charge >= 0.3 is 0 Å². The van der Waals surface area contributed by atoms with Crippen molar-refractivity contribution < 1.29 is 13.9 Å². The molecule has 0 aliphatic carbocycles. The Kier molecular flexibility index (Phi) is 7.39. The van der Waals surface area contributed by atoms with E-state index in [0.717, 1.165) is 31.6 Å². The molecule has 2 heterocycles. The molecular weight excluding hydrogens is 452 g/mol. The molecule has 1 unspecified atom stereocenters. The highest BCUT2D eigenvalue weighted by Gasteiger charge is 2.42. The lowest BCUT2D eigenvalue weighted by atomic mass is 9.98. The topological polar surface area (TPSA) is 63.0 Å². The lowest BCUT2D eigenvalue weighted by molar-refractivity contribution is 0.0720. The highest BCUT2D eigenvalue weighted by atomic mass is 35.5. The number of halogens is 1. The van der Waals surface area contributed by atoms with Crippen molar-refractivity contribution >= 4 is 28.5 Å². The molecule has 0 N–H and O–H groups in total. The summed E-state index contributed by atoms with van der Waals surface area (Å²) in [5.41, 5.74) is 1.32. The van der Waals surface area contributed by atoms with Crippen LogP contribution in [0, 0.1) is 0 Å². The van der Waals surface area contributed by atoms with Gasteiger partial charge in [-0.15, -0.1) is 0 Å². The third-order valence-corrected chi connectivity index (χ3v) is 6.49. The minimum atomic E-state index is -0.535. The van der Waals surface area contributed by atoms with Crippen LogP contribution in [0.5, 0.6) is 5.75 Å². The van der Waals surface area contributed by atoms with Gasteiger partial charge in [-0.25, -0.2) is 0 Å². The van der Waals surface area contributed by atoms with E-state index in [4.69, 9.17) is 20.8 Å². The van der Waals surface area contributed by atoms with Crippen molar-refractivity contribution in [3.8, 4) is 5.75 Å². The first-order chi connectivity index (χ1) is 16.5. The summed E-state index contributed by atoms with van der Waals surface area (Å²) < 4.78 is 11.6. The normalized spacial score (nSPS) is 15.2. The minimum Gasteiger partial charge on any atom is -0.490 e. The number of amides is 1. The average Bonchev–Trinajstić information content (AvgIpc) is 3.13. The van der Waals surface area contributed by atoms with E-state index in [0.29, 0.717) is 40.5 Å². The Balaban J connectivity index is 1.76. The number of ether oxygens (including phenoxy) is 1. The third kappa shape index (κ3) is 4.61. The summed E-state index contributed by atoms with van der Waals surface area (Å²) in [6, 6.07) is 11.8. The number of hydrogen-bond acceptors (Lipinski definition) is 5. The first kappa shape index (κ1) is 24.0. The molecule has 6 nitrogen and oxygen atoms in total. The van der Waals surface area contributed by atoms with E-state index in [9.17, 15) is 9.59 Å². The maximum absolute atomic E-state index is 13.6. The fourth-order valence-electron chi connectivity index (χ4n) is 4.48. The van der Waals surface area contributed by atoms with E-state index in [1.807, 2.05) is 24.3 Å². The highest BCUT2D eigenvalue weighted by molar-refractivity contribution is 6.31. The Bertz CT molecular complexity index is 1250. The Morgan fingerprint density at radius 1 is 1.15 bits per heavy atom. The van der Waals surface area contributed by atoms with Gasteiger partial charge in [0, 0.05) is 11.6 Å². The smallest absolute Gasteiger partial charge is 0.290 e. The summed E-state index contributed by atoms with van der Waals surface area (Å²) >= 11 is 6.15. The second-order valence-corrected chi connectivity index (χ2v) is 8.70. The fraction of sp³-hybridized carbons (Fsp3) is 0.333. The standard InChI is InChI=1S/C27H29ClN2O4/c1-4-16-33-20-11-8-18(9-12-20)24-23-25(31)21-17-19(28)10-13-22(21)34-26(23)27(32)30(24)15-7-14-29(5-2)6-3/h4,8-13,17,24H,1,5-7,14-16H2,2-3H3. The molecule has 0 bridgehead atoms. The van der Waals surface area contributed by atoms with Gasteiger partial charge in [-0.05, 0) is 62.0 Å². The number of fused-ring (bicyclic) bond motifs is 2. The van der Waals surface area contributed by atoms with Crippen LogP contribution in [0.3, 0.4) is 0 Å². The van der Waals surface area contributed by atoms with E-state index in [1.54, 1.807) is 29.2 Å². The van der Waals surface area contributed by atoms with E-state index in [-0.39, 0.29) is 17.1 Å². The highest BCUT2D eigenvalue weighted by Crippen LogP contribution is 2.39. The molecule has 1 amide bonds. The molecule has 34 heavy (non-hydrogen) atoms. The zero-order valence-electron chi connectivity index (χ0n) is 19.6. The molecule has 2 aromatic carbocycles. The summed E-state index contributed by atoms with van der Waals surface area (Å²) in [5.74, 6) is 0.540. The maximum Gasteiger partial charge on any atom is 0.290 e. The first-order valence-electron chi connectivity index (χ1n) is 11.6. The van der Waals surface area contributed by atoms with E-state index < -0.39 is 6.04 Å². The van der Waals surface area contributed by atoms with Crippen LogP contribution in [0.25, 0.3) is 11.0 Å². The Morgan fingerprint density at radius 2 is 1.88 bits per heavy atom. The predicted octanol–water partition coefficient (Wildman–Crippen LogP) is 5.29. The molecule has 0 saturated heterocycles. The zero-order chi connectivity index (χ0) is 24.2. The van der Waals surface area contributed by atoms with Crippen LogP contribution in [0.15, 0.2) is 64.3 Å². The van der Waals surface area contributed by atoms with Crippen molar-refractivity contribution in [2.24, 2.45) is 0 Å². The van der Waals surface area contributed by atoms with Crippen LogP contribution in [0.4, 0.5) is 0 Å². The van der Waals surface area contributed by atoms with E-state index in [2.05, 4.69) is 25.3 Å². The zero-order valence-corrected chi connectivity index (χ0v) is 20.3. The Hall–Kier alpha value is -3.09. The second-order valence-electron chi connectivity index (χ2n) is 8.26. The fourth-order valence-corrected chi connectivity index (χ4v) is 4.65. The summed E-state index contributed by atoms with van der Waals surface area (Å²) in [4.78, 5) is 31.1. The van der Waals surface area contributed by atoms with Crippen LogP contribution >= 0.6 is 11.6 Å². The molecule has 0 fully saturated rings. The van der Waals surface area contributed by atoms with Crippen molar-refractivity contribution in [1.82, 2.24) is 9.80 Å². The number of hydrogen-bond donors (Lipinski definition) is 0. The Labute approximate surface area is 204 Å². The molecule has 0 radical (unpaired) electrons. The molecule has 1 aromatic heterocycles. The third-order valence-electron chi connectivity index (χ3n) is 6.26. The van der Waals surface area contributed by atoms with Gasteiger partial charge in [0.1, 0.15) is 17.9 Å². The summed E-state index contributed by atoms with van der Waals surface area (Å²) in [5, 5.41) is 0.820. The number of rotatable bonds is 10. The minimum absolute atomic E-state index is 0.111. The van der Waals surface area contributed by atoms with Gasteiger partial charge < -0.3 is 19.0 Å². The Morgan fingerprint density at radius 3 is 2.56 bits per heavy atom. The van der Waals surface area contributed by atoms with Gasteiger partial charge in [-0.1, -0.05) is 50.2 Å². The van der Waals surface area contributed by atoms with E-state index in [1.165, 1.54) is 0 Å². The molecule has 0 saturated carbocycles. The molecule has 1 aliphatic heterocycles. The molecule has 7 heteroatoms. The van der Waals surface area contributed by atoms with Crippen molar-refractivity contribution in [3.63, 3.8) is 0 Å². The second kappa shape index (κ2) is 10.5. The van der Waals surface area contributed by atoms with Crippen LogP contribution in [-0.4, -0.2) is 48.5 Å². The van der Waals surface area contributed by atoms with Crippen molar-refractivity contribution in [2.45, 2.75) is 26.3 Å². The number of nitrogens with zero attached hydrogens (tertiary/aromatic N) is 2. The molecule has 1 aliphatic rings. The van der Waals surface area contributed by atoms with Crippen LogP contribution in [-0.2, 0) is 0 Å². The molecule has 178 valence electrons. The molecule has 0 spiro atoms. The molecular formula is C27H29ClN2O4. The first-order valence-corrected chi connectivity index (χ1v) is 12.0. The number of benzene rings is 2. The van der Waals surface area contributed by atoms with Gasteiger partial charge in [0.2, 0.25) is 5.76 Å². The maximum atomic E-state index is 13.6. The quantitative estimate of drug-likeness (QED) is 0.369. The average molecular weight is 481 g/mol. The summed E-state index contributed by atoms with van der Waals surface area (Å²) in [7, 11) is 0. The molecule has 4 rings (SSSR count). The van der Waals surface area contributed by atoms with Crippen LogP contribution in [0.2, 0.25) is 5.02 Å². The van der Waals surface area contributed by atoms with Crippen molar-refractivity contribution in [2.75, 3.05) is 32.8 Å². The number of carbonyl (C=O) groups excluding carboxylic acids is 1. The summed E-state index contributed by atoms with van der Waals surface area (Å²) in [6.45, 7) is 11.6. The number of carbonyl (C=O) groups is 1. The monoisotopic (exact) mass is 480 g/mol. The van der Waals surface area contributed by atoms with Gasteiger partial charge in [0.15, 0.2) is 5.43 Å². The lowest BCUT2D eigenvalue weighted by Gasteiger charge is -2.26. The molecule has 1 atom stereocenters. The van der Waals surface area contributed by atoms with Crippen LogP contribution in [0.1, 0.15) is 48.0 Å². The van der Waals surface area contributed by atoms with Gasteiger partial charge in [-0.3, -0.25) is 9.59 Å². The largest absolute Gasteiger partial charge is 0.490 e. The molecule has 3 aromatic rings. The van der Waals surface area contributed by atoms with Crippen molar-refractivity contribution in [1.29, 1.82) is 0 Å². The predicted molar refractivity (Wildman–Crippen MR) is 135 cm³/mol. The van der Waals surface area contributed by atoms with Gasteiger partial charge in [0.05, 0.1) is 17.0 Å².